The number of hydrogen-bond donors (Lipinski definition) is 0. The maximum Gasteiger partial charge on any atom is 0.0751 e. The van der Waals surface area contributed by atoms with Gasteiger partial charge < -0.3 is 18.6 Å². The molecule has 0 saturated carbocycles. The fourth-order valence-electron chi connectivity index (χ4n) is 13.1. The summed E-state index contributed by atoms with van der Waals surface area (Å²) in [6, 6.07) is 48.1. The molecule has 2 aliphatic rings. The van der Waals surface area contributed by atoms with Crippen LogP contribution in [0.4, 0.5) is 0 Å². The molecule has 0 radical (unpaired) electrons. The maximum absolute atomic E-state index is 6.16. The summed E-state index contributed by atoms with van der Waals surface area (Å²) in [5, 5.41) is 5.36. The Balaban J connectivity index is 0.984. The average molecular weight is 959 g/mol. The quantitative estimate of drug-likeness (QED) is 0.0633. The van der Waals surface area contributed by atoms with Crippen LogP contribution in [0.2, 0.25) is 12.6 Å². The first-order valence-electron chi connectivity index (χ1n) is 27.0. The van der Waals surface area contributed by atoms with Crippen molar-refractivity contribution in [2.24, 2.45) is 7.05 Å². The van der Waals surface area contributed by atoms with Gasteiger partial charge in [-0.3, -0.25) is 0 Å². The molecule has 2 aromatic heterocycles. The summed E-state index contributed by atoms with van der Waals surface area (Å²) in [6.07, 6.45) is 14.7. The van der Waals surface area contributed by atoms with Gasteiger partial charge in [0.15, 0.2) is 0 Å². The highest BCUT2D eigenvalue weighted by Crippen LogP contribution is 2.56. The van der Waals surface area contributed by atoms with Gasteiger partial charge in [-0.05, 0) is 156 Å². The molecule has 8 aromatic rings. The van der Waals surface area contributed by atoms with E-state index in [9.17, 15) is 0 Å². The maximum atomic E-state index is 6.16. The van der Waals surface area contributed by atoms with Gasteiger partial charge >= 0.3 is 0 Å². The molecule has 0 aliphatic heterocycles. The second-order valence-electron chi connectivity index (χ2n) is 23.5. The number of unbranched alkanes of at least 4 members (excludes halogenated alkanes) is 6. The zero-order chi connectivity index (χ0) is 49.7. The Kier molecular flexibility index (Phi) is 13.7. The first kappa shape index (κ1) is 49.1. The molecule has 0 saturated heterocycles. The minimum atomic E-state index is -2.23. The molecule has 5 heteroatoms. The van der Waals surface area contributed by atoms with Crippen LogP contribution >= 0.6 is 0 Å². The van der Waals surface area contributed by atoms with E-state index in [1.165, 1.54) is 122 Å². The number of aromatic nitrogens is 2. The first-order valence-corrected chi connectivity index (χ1v) is 29.9. The largest absolute Gasteiger partial charge is 0.376 e. The number of ether oxygens (including phenoxy) is 2. The van der Waals surface area contributed by atoms with Gasteiger partial charge in [-0.2, -0.15) is 0 Å². The highest BCUT2D eigenvalue weighted by Gasteiger charge is 2.50. The SMILES string of the molecule is CC1=Cc2c(-c3ccc4c(c3)c3ccccc3n4C)cccc2C1[Si](C)(CCCCCCOC(C)(C)C)C1C(C)=Cc2c(-c3ccc4c(c3)c3ccccc3n4CCCCCCOC(C)(C)C)cccc21. The van der Waals surface area contributed by atoms with Crippen molar-refractivity contribution in [3.63, 3.8) is 0 Å². The van der Waals surface area contributed by atoms with Crippen LogP contribution in [0.25, 0.3) is 78.0 Å². The predicted octanol–water partition coefficient (Wildman–Crippen LogP) is 18.4. The van der Waals surface area contributed by atoms with Crippen molar-refractivity contribution in [3.8, 4) is 22.3 Å². The van der Waals surface area contributed by atoms with E-state index in [0.29, 0.717) is 11.1 Å². The van der Waals surface area contributed by atoms with Crippen LogP contribution < -0.4 is 0 Å². The van der Waals surface area contributed by atoms with Crippen LogP contribution in [-0.4, -0.2) is 41.6 Å². The lowest BCUT2D eigenvalue weighted by Crippen LogP contribution is -2.45. The summed E-state index contributed by atoms with van der Waals surface area (Å²) < 4.78 is 17.1. The van der Waals surface area contributed by atoms with Crippen molar-refractivity contribution in [1.29, 1.82) is 0 Å². The van der Waals surface area contributed by atoms with Crippen LogP contribution in [0.3, 0.4) is 0 Å². The van der Waals surface area contributed by atoms with Gasteiger partial charge in [0.05, 0.1) is 19.3 Å². The van der Waals surface area contributed by atoms with E-state index in [1.54, 1.807) is 22.3 Å². The van der Waals surface area contributed by atoms with E-state index in [2.05, 4.69) is 212 Å². The average Bonchev–Trinajstić information content (AvgIpc) is 4.06. The number of para-hydroxylation sites is 2. The zero-order valence-electron chi connectivity index (χ0n) is 44.6. The van der Waals surface area contributed by atoms with Gasteiger partial charge in [-0.1, -0.05) is 153 Å². The van der Waals surface area contributed by atoms with Crippen molar-refractivity contribution < 1.29 is 9.47 Å². The molecule has 2 aliphatic carbocycles. The second-order valence-corrected chi connectivity index (χ2v) is 28.1. The molecule has 0 N–H and O–H groups in total. The molecule has 10 rings (SSSR count). The highest BCUT2D eigenvalue weighted by molar-refractivity contribution is 6.83. The molecule has 3 atom stereocenters. The number of aryl methyl sites for hydroxylation is 2. The van der Waals surface area contributed by atoms with Gasteiger partial charge in [0.1, 0.15) is 0 Å². The number of rotatable bonds is 18. The van der Waals surface area contributed by atoms with Crippen molar-refractivity contribution in [3.05, 3.63) is 155 Å². The molecule has 2 heterocycles. The Morgan fingerprint density at radius 2 is 0.930 bits per heavy atom. The highest BCUT2D eigenvalue weighted by atomic mass is 28.3. The lowest BCUT2D eigenvalue weighted by Gasteiger charge is -2.42. The van der Waals surface area contributed by atoms with Crippen molar-refractivity contribution in [2.75, 3.05) is 13.2 Å². The van der Waals surface area contributed by atoms with Crippen LogP contribution in [0.15, 0.2) is 132 Å². The minimum absolute atomic E-state index is 0.0658. The Hall–Kier alpha value is -5.46. The fourth-order valence-corrected chi connectivity index (χ4v) is 19.1. The lowest BCUT2D eigenvalue weighted by atomic mass is 9.95. The van der Waals surface area contributed by atoms with Crippen LogP contribution in [0.5, 0.6) is 0 Å². The molecule has 71 heavy (non-hydrogen) atoms. The van der Waals surface area contributed by atoms with E-state index in [4.69, 9.17) is 9.47 Å². The van der Waals surface area contributed by atoms with Crippen LogP contribution in [0, 0.1) is 0 Å². The summed E-state index contributed by atoms with van der Waals surface area (Å²) in [5.41, 5.74) is 20.3. The third kappa shape index (κ3) is 9.67. The molecular weight excluding hydrogens is 881 g/mol. The number of hydrogen-bond acceptors (Lipinski definition) is 2. The van der Waals surface area contributed by atoms with E-state index < -0.39 is 8.07 Å². The van der Waals surface area contributed by atoms with Crippen LogP contribution in [0.1, 0.15) is 140 Å². The molecular formula is C66H78N2O2Si. The van der Waals surface area contributed by atoms with Crippen molar-refractivity contribution in [2.45, 2.75) is 148 Å². The van der Waals surface area contributed by atoms with Gasteiger partial charge in [0, 0.05) is 81.5 Å². The predicted molar refractivity (Wildman–Crippen MR) is 308 cm³/mol. The Labute approximate surface area is 425 Å². The normalized spacial score (nSPS) is 16.8. The topological polar surface area (TPSA) is 28.3 Å². The van der Waals surface area contributed by atoms with E-state index in [0.717, 1.165) is 32.6 Å². The third-order valence-electron chi connectivity index (χ3n) is 16.1. The minimum Gasteiger partial charge on any atom is -0.376 e. The summed E-state index contributed by atoms with van der Waals surface area (Å²) >= 11 is 0. The van der Waals surface area contributed by atoms with Crippen LogP contribution in [-0.2, 0) is 23.1 Å². The van der Waals surface area contributed by atoms with E-state index >= 15 is 0 Å². The summed E-state index contributed by atoms with van der Waals surface area (Å²) in [4.78, 5) is 0. The molecule has 4 nitrogen and oxygen atoms in total. The van der Waals surface area contributed by atoms with E-state index in [1.807, 2.05) is 0 Å². The number of fused-ring (bicyclic) bond motifs is 8. The molecule has 0 spiro atoms. The Morgan fingerprint density at radius 1 is 0.479 bits per heavy atom. The molecule has 3 unspecified atom stereocenters. The van der Waals surface area contributed by atoms with Crippen molar-refractivity contribution in [1.82, 2.24) is 9.13 Å². The van der Waals surface area contributed by atoms with Gasteiger partial charge in [-0.25, -0.2) is 0 Å². The summed E-state index contributed by atoms with van der Waals surface area (Å²) in [6.45, 7) is 23.3. The monoisotopic (exact) mass is 959 g/mol. The fraction of sp³-hybridized carbons (Fsp3) is 0.394. The molecule has 0 bridgehead atoms. The van der Waals surface area contributed by atoms with Crippen molar-refractivity contribution >= 4 is 63.8 Å². The smallest absolute Gasteiger partial charge is 0.0751 e. The molecule has 6 aromatic carbocycles. The first-order chi connectivity index (χ1) is 34.1. The summed E-state index contributed by atoms with van der Waals surface area (Å²) in [7, 11) is -0.0297. The Morgan fingerprint density at radius 3 is 1.49 bits per heavy atom. The zero-order valence-corrected chi connectivity index (χ0v) is 45.6. The van der Waals surface area contributed by atoms with Gasteiger partial charge in [0.25, 0.3) is 0 Å². The van der Waals surface area contributed by atoms with E-state index in [-0.39, 0.29) is 11.2 Å². The molecule has 0 amide bonds. The number of allylic oxidation sites excluding steroid dienone is 2. The molecule has 0 fully saturated rings. The van der Waals surface area contributed by atoms with Gasteiger partial charge in [0.2, 0.25) is 0 Å². The second kappa shape index (κ2) is 19.9. The third-order valence-corrected chi connectivity index (χ3v) is 21.7. The lowest BCUT2D eigenvalue weighted by molar-refractivity contribution is -0.00510. The number of nitrogens with zero attached hydrogens (tertiary/aromatic N) is 2. The van der Waals surface area contributed by atoms with Gasteiger partial charge in [-0.15, -0.1) is 0 Å². The molecule has 368 valence electrons. The number of benzene rings is 6. The summed E-state index contributed by atoms with van der Waals surface area (Å²) in [5.74, 6) is 0. The standard InChI is InChI=1S/C66H78N2O2Si/c1-45-41-55-49(47-33-35-60-57(43-47)51-25-15-17-31-59(51)67(60)9)27-23-29-53(55)63(45)71(10,40-22-14-13-21-39-70-66(6,7)8)64-46(2)42-56-50(28-24-30-54(56)64)48-34-36-62-58(44-48)52-26-16-18-32-61(52)68(62)37-19-11-12-20-38-69-65(3,4)5/h15-18,23-36,41-44,63-64H,11-14,19-22,37-40H2,1-10H3. The Bertz CT molecular complexity index is 3310.